The number of carbonyl (C=O) groups excluding carboxylic acids is 3. The highest BCUT2D eigenvalue weighted by Crippen LogP contribution is 2.27. The van der Waals surface area contributed by atoms with Crippen LogP contribution in [0.25, 0.3) is 11.1 Å². The predicted octanol–water partition coefficient (Wildman–Crippen LogP) is 3.53. The molecule has 0 radical (unpaired) electrons. The van der Waals surface area contributed by atoms with Gasteiger partial charge in [0.05, 0.1) is 0 Å². The van der Waals surface area contributed by atoms with Crippen molar-refractivity contribution < 1.29 is 19.1 Å². The quantitative estimate of drug-likeness (QED) is 0.704. The highest BCUT2D eigenvalue weighted by molar-refractivity contribution is 5.97. The molecule has 2 aromatic rings. The molecular weight excluding hydrogens is 368 g/mol. The molecule has 6 heteroatoms. The first-order valence-corrected chi connectivity index (χ1v) is 10.0. The van der Waals surface area contributed by atoms with Gasteiger partial charge in [0.2, 0.25) is 5.91 Å². The van der Waals surface area contributed by atoms with Crippen LogP contribution in [-0.4, -0.2) is 30.9 Å². The van der Waals surface area contributed by atoms with E-state index < -0.39 is 18.5 Å². The van der Waals surface area contributed by atoms with Crippen LogP contribution in [-0.2, 0) is 19.1 Å². The Hall–Kier alpha value is -3.15. The molecule has 1 aliphatic carbocycles. The molecule has 3 rings (SSSR count). The number of nitrogens with one attached hydrogen (secondary N) is 2. The zero-order valence-electron chi connectivity index (χ0n) is 16.4. The molecule has 0 aliphatic heterocycles. The Bertz CT molecular complexity index is 845. The minimum absolute atomic E-state index is 0.0191. The van der Waals surface area contributed by atoms with Crippen LogP contribution in [0.3, 0.4) is 0 Å². The predicted molar refractivity (Wildman–Crippen MR) is 111 cm³/mol. The fourth-order valence-electron chi connectivity index (χ4n) is 3.51. The molecule has 1 saturated carbocycles. The van der Waals surface area contributed by atoms with Gasteiger partial charge in [0, 0.05) is 17.2 Å². The zero-order valence-corrected chi connectivity index (χ0v) is 16.4. The molecule has 2 N–H and O–H groups in total. The van der Waals surface area contributed by atoms with Crippen molar-refractivity contribution in [1.29, 1.82) is 0 Å². The van der Waals surface area contributed by atoms with Crippen molar-refractivity contribution in [3.05, 3.63) is 54.6 Å². The minimum atomic E-state index is -0.624. The lowest BCUT2D eigenvalue weighted by molar-refractivity contribution is -0.147. The molecule has 0 bridgehead atoms. The number of anilines is 1. The van der Waals surface area contributed by atoms with Gasteiger partial charge in [-0.15, -0.1) is 0 Å². The van der Waals surface area contributed by atoms with Gasteiger partial charge in [-0.1, -0.05) is 67.8 Å². The fraction of sp³-hybridized carbons (Fsp3) is 0.348. The van der Waals surface area contributed by atoms with Gasteiger partial charge in [-0.25, -0.2) is 0 Å². The Labute approximate surface area is 170 Å². The number of hydrogen-bond donors (Lipinski definition) is 2. The second kappa shape index (κ2) is 10.4. The minimum Gasteiger partial charge on any atom is -0.454 e. The molecule has 6 nitrogen and oxygen atoms in total. The summed E-state index contributed by atoms with van der Waals surface area (Å²) in [5.41, 5.74) is 2.50. The molecule has 1 fully saturated rings. The highest BCUT2D eigenvalue weighted by atomic mass is 16.5. The molecule has 0 saturated heterocycles. The molecule has 0 heterocycles. The van der Waals surface area contributed by atoms with Crippen LogP contribution in [0, 0.1) is 5.92 Å². The third kappa shape index (κ3) is 6.17. The van der Waals surface area contributed by atoms with Crippen molar-refractivity contribution in [2.45, 2.75) is 32.1 Å². The summed E-state index contributed by atoms with van der Waals surface area (Å²) < 4.78 is 4.99. The van der Waals surface area contributed by atoms with Gasteiger partial charge in [0.15, 0.2) is 6.61 Å². The van der Waals surface area contributed by atoms with Crippen LogP contribution >= 0.6 is 0 Å². The van der Waals surface area contributed by atoms with Gasteiger partial charge in [-0.2, -0.15) is 0 Å². The summed E-state index contributed by atoms with van der Waals surface area (Å²) in [5, 5.41) is 5.39. The summed E-state index contributed by atoms with van der Waals surface area (Å²) in [7, 11) is 0. The topological polar surface area (TPSA) is 84.5 Å². The van der Waals surface area contributed by atoms with Crippen molar-refractivity contribution in [2.75, 3.05) is 18.5 Å². The average Bonchev–Trinajstić information content (AvgIpc) is 2.77. The fourth-order valence-corrected chi connectivity index (χ4v) is 3.51. The van der Waals surface area contributed by atoms with Crippen LogP contribution < -0.4 is 10.6 Å². The standard InChI is InChI=1S/C23H26N2O4/c26-21(16-29-22(27)15-24-23(28)18-11-5-2-6-12-18)25-20-14-8-7-13-19(20)17-9-3-1-4-10-17/h1,3-4,7-10,13-14,18H,2,5-6,11-12,15-16H2,(H,24,28)(H,25,26). The summed E-state index contributed by atoms with van der Waals surface area (Å²) in [6.07, 6.45) is 4.99. The maximum atomic E-state index is 12.2. The van der Waals surface area contributed by atoms with E-state index in [9.17, 15) is 14.4 Å². The first-order chi connectivity index (χ1) is 14.1. The third-order valence-electron chi connectivity index (χ3n) is 5.03. The molecule has 0 atom stereocenters. The highest BCUT2D eigenvalue weighted by Gasteiger charge is 2.21. The van der Waals surface area contributed by atoms with E-state index in [0.717, 1.165) is 43.2 Å². The third-order valence-corrected chi connectivity index (χ3v) is 5.03. The van der Waals surface area contributed by atoms with Gasteiger partial charge in [-0.05, 0) is 24.5 Å². The lowest BCUT2D eigenvalue weighted by atomic mass is 9.89. The van der Waals surface area contributed by atoms with Crippen molar-refractivity contribution in [1.82, 2.24) is 5.32 Å². The van der Waals surface area contributed by atoms with Gasteiger partial charge in [0.25, 0.3) is 5.91 Å². The molecule has 29 heavy (non-hydrogen) atoms. The van der Waals surface area contributed by atoms with Gasteiger partial charge in [0.1, 0.15) is 6.54 Å². The zero-order chi connectivity index (χ0) is 20.5. The molecule has 152 valence electrons. The van der Waals surface area contributed by atoms with Crippen molar-refractivity contribution >= 4 is 23.5 Å². The van der Waals surface area contributed by atoms with E-state index in [1.54, 1.807) is 6.07 Å². The van der Waals surface area contributed by atoms with Gasteiger partial charge >= 0.3 is 5.97 Å². The van der Waals surface area contributed by atoms with E-state index in [1.807, 2.05) is 48.5 Å². The van der Waals surface area contributed by atoms with Crippen molar-refractivity contribution in [2.24, 2.45) is 5.92 Å². The number of carbonyl (C=O) groups is 3. The van der Waals surface area contributed by atoms with E-state index in [4.69, 9.17) is 4.74 Å². The van der Waals surface area contributed by atoms with Crippen LogP contribution in [0.5, 0.6) is 0 Å². The number of para-hydroxylation sites is 1. The number of ether oxygens (including phenoxy) is 1. The lowest BCUT2D eigenvalue weighted by Crippen LogP contribution is -2.36. The number of rotatable bonds is 7. The Morgan fingerprint density at radius 2 is 1.59 bits per heavy atom. The molecule has 2 amide bonds. The van der Waals surface area contributed by atoms with E-state index >= 15 is 0 Å². The maximum Gasteiger partial charge on any atom is 0.325 e. The Balaban J connectivity index is 1.45. The smallest absolute Gasteiger partial charge is 0.325 e. The Morgan fingerprint density at radius 3 is 2.34 bits per heavy atom. The number of benzene rings is 2. The number of amides is 2. The second-order valence-electron chi connectivity index (χ2n) is 7.17. The lowest BCUT2D eigenvalue weighted by Gasteiger charge is -2.20. The van der Waals surface area contributed by atoms with Crippen LogP contribution in [0.1, 0.15) is 32.1 Å². The summed E-state index contributed by atoms with van der Waals surface area (Å²) in [6.45, 7) is -0.621. The second-order valence-corrected chi connectivity index (χ2v) is 7.17. The van der Waals surface area contributed by atoms with Gasteiger partial charge < -0.3 is 15.4 Å². The molecule has 0 aromatic heterocycles. The molecule has 0 spiro atoms. The molecule has 1 aliphatic rings. The van der Waals surface area contributed by atoms with Crippen molar-refractivity contribution in [3.63, 3.8) is 0 Å². The van der Waals surface area contributed by atoms with Crippen LogP contribution in [0.15, 0.2) is 54.6 Å². The number of hydrogen-bond acceptors (Lipinski definition) is 4. The maximum absolute atomic E-state index is 12.2. The van der Waals surface area contributed by atoms with E-state index in [0.29, 0.717) is 5.69 Å². The summed E-state index contributed by atoms with van der Waals surface area (Å²) in [4.78, 5) is 36.1. The summed E-state index contributed by atoms with van der Waals surface area (Å²) in [6, 6.07) is 17.1. The van der Waals surface area contributed by atoms with E-state index in [-0.39, 0.29) is 18.4 Å². The molecular formula is C23H26N2O4. The normalized spacial score (nSPS) is 14.1. The van der Waals surface area contributed by atoms with Crippen molar-refractivity contribution in [3.8, 4) is 11.1 Å². The van der Waals surface area contributed by atoms with Gasteiger partial charge in [-0.3, -0.25) is 14.4 Å². The van der Waals surface area contributed by atoms with E-state index in [1.165, 1.54) is 0 Å². The first kappa shape index (κ1) is 20.6. The molecule has 2 aromatic carbocycles. The van der Waals surface area contributed by atoms with Crippen LogP contribution in [0.4, 0.5) is 5.69 Å². The summed E-state index contributed by atoms with van der Waals surface area (Å²) in [5.74, 6) is -1.18. The largest absolute Gasteiger partial charge is 0.454 e. The van der Waals surface area contributed by atoms with Crippen LogP contribution in [0.2, 0.25) is 0 Å². The first-order valence-electron chi connectivity index (χ1n) is 10.0. The monoisotopic (exact) mass is 394 g/mol. The Morgan fingerprint density at radius 1 is 0.897 bits per heavy atom. The Kier molecular flexibility index (Phi) is 7.39. The van der Waals surface area contributed by atoms with E-state index in [2.05, 4.69) is 10.6 Å². The molecule has 0 unspecified atom stereocenters. The summed E-state index contributed by atoms with van der Waals surface area (Å²) >= 11 is 0. The SMILES string of the molecule is O=C(COC(=O)CNC(=O)C1CCCCC1)Nc1ccccc1-c1ccccc1. The number of esters is 1. The average molecular weight is 394 g/mol.